The number of hydrogen-bond acceptors (Lipinski definition) is 3. The van der Waals surface area contributed by atoms with Gasteiger partial charge in [-0.15, -0.1) is 0 Å². The number of rotatable bonds is 6. The average molecular weight is 260 g/mol. The molecule has 1 heterocycles. The second-order valence-corrected chi connectivity index (χ2v) is 4.17. The predicted octanol–water partition coefficient (Wildman–Crippen LogP) is 2.91. The molecule has 0 saturated heterocycles. The van der Waals surface area contributed by atoms with Crippen LogP contribution in [0.15, 0.2) is 42.6 Å². The third-order valence-electron chi connectivity index (χ3n) is 2.68. The minimum atomic E-state index is -0.347. The lowest BCUT2D eigenvalue weighted by molar-refractivity contribution is 0.288. The van der Waals surface area contributed by atoms with Crippen LogP contribution in [0.1, 0.15) is 18.1 Å². The molecule has 0 aliphatic heterocycles. The quantitative estimate of drug-likeness (QED) is 0.867. The van der Waals surface area contributed by atoms with Gasteiger partial charge in [0.2, 0.25) is 5.88 Å². The molecule has 2 aromatic rings. The summed E-state index contributed by atoms with van der Waals surface area (Å²) in [5.74, 6) is 0.131. The molecule has 0 atom stereocenters. The maximum Gasteiger partial charge on any atom is 0.218 e. The number of pyridine rings is 1. The number of benzene rings is 1. The van der Waals surface area contributed by atoms with Gasteiger partial charge >= 0.3 is 0 Å². The van der Waals surface area contributed by atoms with Crippen molar-refractivity contribution in [3.8, 4) is 5.88 Å². The van der Waals surface area contributed by atoms with Crippen LogP contribution >= 0.6 is 0 Å². The molecule has 19 heavy (non-hydrogen) atoms. The van der Waals surface area contributed by atoms with Crippen molar-refractivity contribution in [1.29, 1.82) is 0 Å². The second-order valence-electron chi connectivity index (χ2n) is 4.17. The fraction of sp³-hybridized carbons (Fsp3) is 0.267. The monoisotopic (exact) mass is 260 g/mol. The highest BCUT2D eigenvalue weighted by Gasteiger charge is 2.07. The van der Waals surface area contributed by atoms with Gasteiger partial charge in [0, 0.05) is 12.1 Å². The summed E-state index contributed by atoms with van der Waals surface area (Å²) in [6, 6.07) is 11.3. The van der Waals surface area contributed by atoms with Crippen molar-refractivity contribution in [2.24, 2.45) is 0 Å². The van der Waals surface area contributed by atoms with E-state index in [1.165, 1.54) is 12.3 Å². The summed E-state index contributed by atoms with van der Waals surface area (Å²) in [5, 5.41) is 3.14. The average Bonchev–Trinajstić information content (AvgIpc) is 2.45. The Hall–Kier alpha value is -1.94. The summed E-state index contributed by atoms with van der Waals surface area (Å²) in [7, 11) is 0. The Labute approximate surface area is 112 Å². The van der Waals surface area contributed by atoms with Crippen LogP contribution < -0.4 is 10.1 Å². The molecule has 0 spiro atoms. The Kier molecular flexibility index (Phi) is 4.86. The largest absolute Gasteiger partial charge is 0.473 e. The molecule has 0 unspecified atom stereocenters. The molecule has 0 fully saturated rings. The van der Waals surface area contributed by atoms with Gasteiger partial charge in [0.15, 0.2) is 0 Å². The van der Waals surface area contributed by atoms with Crippen LogP contribution in [0.25, 0.3) is 0 Å². The molecule has 0 amide bonds. The molecule has 0 bridgehead atoms. The first-order chi connectivity index (χ1) is 9.29. The molecule has 0 radical (unpaired) electrons. The van der Waals surface area contributed by atoms with Crippen molar-refractivity contribution in [2.45, 2.75) is 20.1 Å². The van der Waals surface area contributed by atoms with Crippen LogP contribution in [0.4, 0.5) is 4.39 Å². The lowest BCUT2D eigenvalue weighted by atomic mass is 10.2. The fourth-order valence-corrected chi connectivity index (χ4v) is 1.71. The van der Waals surface area contributed by atoms with Gasteiger partial charge in [0.25, 0.3) is 0 Å². The molecule has 0 aliphatic rings. The zero-order valence-corrected chi connectivity index (χ0v) is 10.9. The summed E-state index contributed by atoms with van der Waals surface area (Å²) in [6.07, 6.45) is 1.18. The van der Waals surface area contributed by atoms with Gasteiger partial charge in [-0.05, 0) is 18.2 Å². The topological polar surface area (TPSA) is 34.2 Å². The fourth-order valence-electron chi connectivity index (χ4n) is 1.71. The predicted molar refractivity (Wildman–Crippen MR) is 72.3 cm³/mol. The van der Waals surface area contributed by atoms with Gasteiger partial charge in [-0.3, -0.25) is 0 Å². The second kappa shape index (κ2) is 6.85. The Morgan fingerprint density at radius 3 is 2.79 bits per heavy atom. The van der Waals surface area contributed by atoms with E-state index in [0.29, 0.717) is 19.0 Å². The van der Waals surface area contributed by atoms with E-state index in [9.17, 15) is 4.39 Å². The highest BCUT2D eigenvalue weighted by molar-refractivity contribution is 5.26. The summed E-state index contributed by atoms with van der Waals surface area (Å²) < 4.78 is 18.8. The summed E-state index contributed by atoms with van der Waals surface area (Å²) in [6.45, 7) is 3.79. The van der Waals surface area contributed by atoms with Gasteiger partial charge in [-0.1, -0.05) is 37.3 Å². The van der Waals surface area contributed by atoms with Crippen molar-refractivity contribution in [3.63, 3.8) is 0 Å². The zero-order chi connectivity index (χ0) is 13.5. The molecule has 3 nitrogen and oxygen atoms in total. The first kappa shape index (κ1) is 13.5. The van der Waals surface area contributed by atoms with Crippen molar-refractivity contribution >= 4 is 0 Å². The van der Waals surface area contributed by atoms with Gasteiger partial charge in [-0.2, -0.15) is 0 Å². The Balaban J connectivity index is 2.06. The highest BCUT2D eigenvalue weighted by Crippen LogP contribution is 2.17. The number of hydrogen-bond donors (Lipinski definition) is 1. The molecule has 1 aromatic carbocycles. The Morgan fingerprint density at radius 1 is 1.26 bits per heavy atom. The SMILES string of the molecule is CCNCc1cc(F)cnc1OCc1ccccc1. The number of aromatic nitrogens is 1. The van der Waals surface area contributed by atoms with Crippen LogP contribution in [0.3, 0.4) is 0 Å². The van der Waals surface area contributed by atoms with E-state index in [4.69, 9.17) is 4.74 Å². The number of nitrogens with one attached hydrogen (secondary N) is 1. The van der Waals surface area contributed by atoms with Crippen LogP contribution in [0, 0.1) is 5.82 Å². The van der Waals surface area contributed by atoms with E-state index in [0.717, 1.165) is 17.7 Å². The minimum absolute atomic E-state index is 0.347. The zero-order valence-electron chi connectivity index (χ0n) is 10.9. The van der Waals surface area contributed by atoms with Crippen molar-refractivity contribution in [1.82, 2.24) is 10.3 Å². The molecular weight excluding hydrogens is 243 g/mol. The van der Waals surface area contributed by atoms with Gasteiger partial charge in [-0.25, -0.2) is 9.37 Å². The third kappa shape index (κ3) is 4.03. The first-order valence-corrected chi connectivity index (χ1v) is 6.31. The Morgan fingerprint density at radius 2 is 2.05 bits per heavy atom. The summed E-state index contributed by atoms with van der Waals surface area (Å²) >= 11 is 0. The van der Waals surface area contributed by atoms with Crippen LogP contribution in [-0.2, 0) is 13.2 Å². The molecule has 1 aromatic heterocycles. The standard InChI is InChI=1S/C15H17FN2O/c1-2-17-9-13-8-14(16)10-18-15(13)19-11-12-6-4-3-5-7-12/h3-8,10,17H,2,9,11H2,1H3. The Bertz CT molecular complexity index is 517. The van der Waals surface area contributed by atoms with Crippen molar-refractivity contribution < 1.29 is 9.13 Å². The van der Waals surface area contributed by atoms with Crippen molar-refractivity contribution in [2.75, 3.05) is 6.54 Å². The lowest BCUT2D eigenvalue weighted by Gasteiger charge is -2.10. The normalized spacial score (nSPS) is 10.4. The molecule has 2 rings (SSSR count). The lowest BCUT2D eigenvalue weighted by Crippen LogP contribution is -2.13. The highest BCUT2D eigenvalue weighted by atomic mass is 19.1. The maximum atomic E-state index is 13.2. The van der Waals surface area contributed by atoms with Gasteiger partial charge < -0.3 is 10.1 Å². The third-order valence-corrected chi connectivity index (χ3v) is 2.68. The first-order valence-electron chi connectivity index (χ1n) is 6.31. The van der Waals surface area contributed by atoms with Crippen LogP contribution in [-0.4, -0.2) is 11.5 Å². The van der Waals surface area contributed by atoms with Crippen LogP contribution in [0.5, 0.6) is 5.88 Å². The smallest absolute Gasteiger partial charge is 0.218 e. The number of ether oxygens (including phenoxy) is 1. The van der Waals surface area contributed by atoms with E-state index in [2.05, 4.69) is 10.3 Å². The van der Waals surface area contributed by atoms with E-state index in [-0.39, 0.29) is 5.82 Å². The maximum absolute atomic E-state index is 13.2. The van der Waals surface area contributed by atoms with E-state index in [1.54, 1.807) is 0 Å². The van der Waals surface area contributed by atoms with E-state index in [1.807, 2.05) is 37.3 Å². The molecule has 0 saturated carbocycles. The van der Waals surface area contributed by atoms with Crippen molar-refractivity contribution in [3.05, 3.63) is 59.5 Å². The molecule has 1 N–H and O–H groups in total. The molecule has 0 aliphatic carbocycles. The summed E-state index contributed by atoms with van der Waals surface area (Å²) in [4.78, 5) is 4.01. The van der Waals surface area contributed by atoms with Crippen LogP contribution in [0.2, 0.25) is 0 Å². The molecule has 4 heteroatoms. The van der Waals surface area contributed by atoms with E-state index < -0.39 is 0 Å². The summed E-state index contributed by atoms with van der Waals surface area (Å²) in [5.41, 5.74) is 1.79. The molecule has 100 valence electrons. The van der Waals surface area contributed by atoms with Gasteiger partial charge in [0.05, 0.1) is 6.20 Å². The number of nitrogens with zero attached hydrogens (tertiary/aromatic N) is 1. The molecular formula is C15H17FN2O. The minimum Gasteiger partial charge on any atom is -0.473 e. The van der Waals surface area contributed by atoms with E-state index >= 15 is 0 Å². The number of halogens is 1. The van der Waals surface area contributed by atoms with Gasteiger partial charge in [0.1, 0.15) is 12.4 Å².